The van der Waals surface area contributed by atoms with Crippen molar-refractivity contribution < 1.29 is 13.6 Å². The van der Waals surface area contributed by atoms with Crippen molar-refractivity contribution in [3.05, 3.63) is 24.3 Å². The summed E-state index contributed by atoms with van der Waals surface area (Å²) >= 11 is 0. The zero-order valence-electron chi connectivity index (χ0n) is 10.00. The Hall–Kier alpha value is -1.59. The molecule has 0 saturated carbocycles. The van der Waals surface area contributed by atoms with Crippen molar-refractivity contribution in [2.24, 2.45) is 5.41 Å². The van der Waals surface area contributed by atoms with Crippen molar-refractivity contribution >= 4 is 5.91 Å². The molecule has 1 aromatic heterocycles. The summed E-state index contributed by atoms with van der Waals surface area (Å²) in [6, 6.07) is 1.37. The topological polar surface area (TPSA) is 54.9 Å². The van der Waals surface area contributed by atoms with Gasteiger partial charge in [0.05, 0.1) is 6.54 Å². The fourth-order valence-corrected chi connectivity index (χ4v) is 0.972. The van der Waals surface area contributed by atoms with E-state index >= 15 is 0 Å². The van der Waals surface area contributed by atoms with E-state index in [1.165, 1.54) is 39.4 Å². The van der Waals surface area contributed by atoms with Gasteiger partial charge in [0, 0.05) is 11.6 Å². The average molecular weight is 243 g/mol. The molecule has 0 bridgehead atoms. The molecule has 1 amide bonds. The molecule has 1 heterocycles. The van der Waals surface area contributed by atoms with Crippen LogP contribution in [0.1, 0.15) is 31.3 Å². The summed E-state index contributed by atoms with van der Waals surface area (Å²) in [6.07, 6.45) is 2.57. The van der Waals surface area contributed by atoms with Gasteiger partial charge in [0.2, 0.25) is 0 Å². The largest absolute Gasteiger partial charge is 0.345 e. The Morgan fingerprint density at radius 1 is 1.41 bits per heavy atom. The Balaban J connectivity index is 2.61. The second-order valence-corrected chi connectivity index (χ2v) is 4.73. The maximum atomic E-state index is 13.6. The molecule has 0 aliphatic carbocycles. The minimum Gasteiger partial charge on any atom is -0.345 e. The first kappa shape index (κ1) is 13.5. The van der Waals surface area contributed by atoms with Gasteiger partial charge in [-0.25, -0.2) is 18.7 Å². The van der Waals surface area contributed by atoms with Crippen LogP contribution >= 0.6 is 0 Å². The summed E-state index contributed by atoms with van der Waals surface area (Å²) in [5, 5.41) is 2.17. The first-order valence-corrected chi connectivity index (χ1v) is 5.16. The number of carbonyl (C=O) groups excluding carboxylic acids is 1. The van der Waals surface area contributed by atoms with Crippen LogP contribution in [0.3, 0.4) is 0 Å². The van der Waals surface area contributed by atoms with Crippen LogP contribution in [0.4, 0.5) is 8.78 Å². The first-order chi connectivity index (χ1) is 7.74. The van der Waals surface area contributed by atoms with Gasteiger partial charge in [0.25, 0.3) is 11.8 Å². The molecule has 0 spiro atoms. The van der Waals surface area contributed by atoms with E-state index in [2.05, 4.69) is 15.3 Å². The molecule has 0 aliphatic rings. The molecular formula is C11H15F2N3O. The van der Waals surface area contributed by atoms with Gasteiger partial charge < -0.3 is 5.32 Å². The van der Waals surface area contributed by atoms with Crippen LogP contribution in [0, 0.1) is 5.41 Å². The van der Waals surface area contributed by atoms with Crippen LogP contribution in [0.15, 0.2) is 18.6 Å². The van der Waals surface area contributed by atoms with Crippen LogP contribution in [0.2, 0.25) is 0 Å². The first-order valence-electron chi connectivity index (χ1n) is 5.16. The van der Waals surface area contributed by atoms with Gasteiger partial charge in [0.15, 0.2) is 0 Å². The second kappa shape index (κ2) is 4.73. The van der Waals surface area contributed by atoms with Crippen molar-refractivity contribution in [1.82, 2.24) is 15.3 Å². The van der Waals surface area contributed by atoms with E-state index in [0.717, 1.165) is 0 Å². The van der Waals surface area contributed by atoms with Crippen molar-refractivity contribution in [3.63, 3.8) is 0 Å². The van der Waals surface area contributed by atoms with Gasteiger partial charge >= 0.3 is 0 Å². The normalized spacial score (nSPS) is 12.3. The zero-order valence-corrected chi connectivity index (χ0v) is 10.00. The molecule has 0 fully saturated rings. The number of aromatic nitrogens is 2. The molecule has 0 atom stereocenters. The van der Waals surface area contributed by atoms with Crippen molar-refractivity contribution in [3.8, 4) is 0 Å². The lowest BCUT2D eigenvalue weighted by Gasteiger charge is -2.30. The predicted molar refractivity (Wildman–Crippen MR) is 58.8 cm³/mol. The lowest BCUT2D eigenvalue weighted by molar-refractivity contribution is -0.0916. The van der Waals surface area contributed by atoms with Crippen molar-refractivity contribution in [2.45, 2.75) is 26.7 Å². The molecule has 1 N–H and O–H groups in total. The number of nitrogens with one attached hydrogen (secondary N) is 1. The summed E-state index contributed by atoms with van der Waals surface area (Å²) in [5.41, 5.74) is -1.13. The number of amides is 1. The summed E-state index contributed by atoms with van der Waals surface area (Å²) in [6.45, 7) is 3.55. The maximum absolute atomic E-state index is 13.6. The minimum atomic E-state index is -2.98. The SMILES string of the molecule is CC(C)(C)C(F)(F)CNC(=O)c1ccncn1. The van der Waals surface area contributed by atoms with Gasteiger partial charge in [-0.3, -0.25) is 4.79 Å². The van der Waals surface area contributed by atoms with E-state index < -0.39 is 23.8 Å². The van der Waals surface area contributed by atoms with Crippen LogP contribution in [-0.2, 0) is 0 Å². The molecule has 6 heteroatoms. The van der Waals surface area contributed by atoms with Crippen LogP contribution < -0.4 is 5.32 Å². The summed E-state index contributed by atoms with van der Waals surface area (Å²) in [7, 11) is 0. The monoisotopic (exact) mass is 243 g/mol. The number of carbonyl (C=O) groups is 1. The lowest BCUT2D eigenvalue weighted by atomic mass is 9.88. The highest BCUT2D eigenvalue weighted by Gasteiger charge is 2.43. The highest BCUT2D eigenvalue weighted by Crippen LogP contribution is 2.34. The Morgan fingerprint density at radius 2 is 2.06 bits per heavy atom. The summed E-state index contributed by atoms with van der Waals surface area (Å²) < 4.78 is 27.1. The Morgan fingerprint density at radius 3 is 2.53 bits per heavy atom. The van der Waals surface area contributed by atoms with Crippen LogP contribution in [0.5, 0.6) is 0 Å². The third kappa shape index (κ3) is 3.44. The minimum absolute atomic E-state index is 0.0738. The lowest BCUT2D eigenvalue weighted by Crippen LogP contribution is -2.45. The maximum Gasteiger partial charge on any atom is 0.270 e. The highest BCUT2D eigenvalue weighted by molar-refractivity contribution is 5.92. The standard InChI is InChI=1S/C11H15F2N3O/c1-10(2,3)11(12,13)6-15-9(17)8-4-5-14-7-16-8/h4-5,7H,6H2,1-3H3,(H,15,17). The highest BCUT2D eigenvalue weighted by atomic mass is 19.3. The van der Waals surface area contributed by atoms with E-state index in [-0.39, 0.29) is 5.69 Å². The van der Waals surface area contributed by atoms with Crippen molar-refractivity contribution in [1.29, 1.82) is 0 Å². The number of nitrogens with zero attached hydrogens (tertiary/aromatic N) is 2. The van der Waals surface area contributed by atoms with E-state index in [0.29, 0.717) is 0 Å². The number of hydrogen-bond donors (Lipinski definition) is 1. The molecule has 0 aromatic carbocycles. The van der Waals surface area contributed by atoms with Crippen molar-refractivity contribution in [2.75, 3.05) is 6.54 Å². The third-order valence-corrected chi connectivity index (χ3v) is 2.38. The van der Waals surface area contributed by atoms with Crippen LogP contribution in [0.25, 0.3) is 0 Å². The zero-order chi connectivity index (χ0) is 13.1. The molecule has 17 heavy (non-hydrogen) atoms. The smallest absolute Gasteiger partial charge is 0.270 e. The van der Waals surface area contributed by atoms with E-state index in [1.807, 2.05) is 0 Å². The second-order valence-electron chi connectivity index (χ2n) is 4.73. The van der Waals surface area contributed by atoms with Gasteiger partial charge in [-0.1, -0.05) is 20.8 Å². The number of rotatable bonds is 3. The average Bonchev–Trinajstić information content (AvgIpc) is 2.25. The quantitative estimate of drug-likeness (QED) is 0.882. The fraction of sp³-hybridized carbons (Fsp3) is 0.545. The van der Waals surface area contributed by atoms with E-state index in [4.69, 9.17) is 0 Å². The Labute approximate surface area is 98.5 Å². The van der Waals surface area contributed by atoms with Gasteiger partial charge in [-0.2, -0.15) is 0 Å². The Bertz CT molecular complexity index is 387. The molecule has 0 saturated heterocycles. The summed E-state index contributed by atoms with van der Waals surface area (Å²) in [5.74, 6) is -3.60. The van der Waals surface area contributed by atoms with Gasteiger partial charge in [-0.05, 0) is 6.07 Å². The molecule has 1 aromatic rings. The fourth-order valence-electron chi connectivity index (χ4n) is 0.972. The molecular weight excluding hydrogens is 228 g/mol. The molecule has 1 rings (SSSR count). The van der Waals surface area contributed by atoms with E-state index in [1.54, 1.807) is 0 Å². The Kier molecular flexibility index (Phi) is 3.75. The summed E-state index contributed by atoms with van der Waals surface area (Å²) in [4.78, 5) is 18.8. The number of hydrogen-bond acceptors (Lipinski definition) is 3. The molecule has 0 radical (unpaired) electrons. The number of halogens is 2. The molecule has 94 valence electrons. The molecule has 0 aliphatic heterocycles. The van der Waals surface area contributed by atoms with Gasteiger partial charge in [0.1, 0.15) is 12.0 Å². The third-order valence-electron chi connectivity index (χ3n) is 2.38. The predicted octanol–water partition coefficient (Wildman–Crippen LogP) is 1.89. The van der Waals surface area contributed by atoms with Crippen LogP contribution in [-0.4, -0.2) is 28.3 Å². The molecule has 0 unspecified atom stereocenters. The van der Waals surface area contributed by atoms with Gasteiger partial charge in [-0.15, -0.1) is 0 Å². The van der Waals surface area contributed by atoms with E-state index in [9.17, 15) is 13.6 Å². The number of alkyl halides is 2. The molecule has 4 nitrogen and oxygen atoms in total.